The summed E-state index contributed by atoms with van der Waals surface area (Å²) in [4.78, 5) is 2.01. The minimum atomic E-state index is -0.193. The predicted molar refractivity (Wildman–Crippen MR) is 67.7 cm³/mol. The summed E-state index contributed by atoms with van der Waals surface area (Å²) in [6.07, 6.45) is 1.93. The van der Waals surface area contributed by atoms with Crippen LogP contribution in [-0.4, -0.2) is 18.5 Å². The van der Waals surface area contributed by atoms with E-state index in [1.807, 2.05) is 11.9 Å². The van der Waals surface area contributed by atoms with Crippen LogP contribution in [0.4, 0.5) is 4.39 Å². The van der Waals surface area contributed by atoms with Crippen LogP contribution in [0.1, 0.15) is 18.4 Å². The highest BCUT2D eigenvalue weighted by Gasteiger charge is 2.43. The summed E-state index contributed by atoms with van der Waals surface area (Å²) < 4.78 is 14.4. The largest absolute Gasteiger partial charge is 0.300 e. The van der Waals surface area contributed by atoms with Crippen molar-refractivity contribution in [3.05, 3.63) is 34.1 Å². The Labute approximate surface area is 109 Å². The second-order valence-corrected chi connectivity index (χ2v) is 5.72. The van der Waals surface area contributed by atoms with Crippen LogP contribution in [0.2, 0.25) is 0 Å². The molecule has 0 amide bonds. The van der Waals surface area contributed by atoms with Gasteiger partial charge in [-0.15, -0.1) is 0 Å². The lowest BCUT2D eigenvalue weighted by atomic mass is 10.1. The molecule has 0 radical (unpaired) electrons. The smallest absolute Gasteiger partial charge is 0.127 e. The van der Waals surface area contributed by atoms with Gasteiger partial charge < -0.3 is 4.90 Å². The normalized spacial score (nSPS) is 16.9. The summed E-state index contributed by atoms with van der Waals surface area (Å²) in [6, 6.07) is 7.29. The molecule has 0 saturated heterocycles. The third-order valence-electron chi connectivity index (χ3n) is 3.11. The quantitative estimate of drug-likeness (QED) is 0.852. The maximum Gasteiger partial charge on any atom is 0.127 e. The molecule has 0 atom stereocenters. The SMILES string of the molecule is CN(Cc1cc(Br)ccc1F)CC1(C#N)CC1. The Morgan fingerprint density at radius 3 is 2.82 bits per heavy atom. The summed E-state index contributed by atoms with van der Waals surface area (Å²) in [7, 11) is 1.93. The van der Waals surface area contributed by atoms with Crippen LogP contribution in [0.15, 0.2) is 22.7 Å². The molecule has 0 unspecified atom stereocenters. The van der Waals surface area contributed by atoms with E-state index in [1.54, 1.807) is 12.1 Å². The molecule has 1 aliphatic rings. The Bertz CT molecular complexity index is 463. The molecule has 0 N–H and O–H groups in total. The van der Waals surface area contributed by atoms with Gasteiger partial charge in [0.1, 0.15) is 5.82 Å². The number of nitriles is 1. The van der Waals surface area contributed by atoms with Crippen LogP contribution < -0.4 is 0 Å². The number of benzene rings is 1. The molecule has 1 aromatic rings. The highest BCUT2D eigenvalue weighted by Crippen LogP contribution is 2.45. The van der Waals surface area contributed by atoms with E-state index in [0.29, 0.717) is 12.1 Å². The first-order chi connectivity index (χ1) is 8.04. The zero-order valence-electron chi connectivity index (χ0n) is 9.71. The Morgan fingerprint density at radius 1 is 1.53 bits per heavy atom. The molecule has 2 rings (SSSR count). The number of hydrogen-bond donors (Lipinski definition) is 0. The summed E-state index contributed by atoms with van der Waals surface area (Å²) >= 11 is 3.34. The van der Waals surface area contributed by atoms with Crippen molar-refractivity contribution >= 4 is 15.9 Å². The van der Waals surface area contributed by atoms with Crippen molar-refractivity contribution in [3.63, 3.8) is 0 Å². The Morgan fingerprint density at radius 2 is 2.24 bits per heavy atom. The molecular weight excluding hydrogens is 283 g/mol. The summed E-state index contributed by atoms with van der Waals surface area (Å²) in [5.74, 6) is -0.193. The van der Waals surface area contributed by atoms with Gasteiger partial charge in [0, 0.05) is 23.1 Å². The van der Waals surface area contributed by atoms with E-state index in [-0.39, 0.29) is 11.2 Å². The van der Waals surface area contributed by atoms with Crippen molar-refractivity contribution in [2.75, 3.05) is 13.6 Å². The van der Waals surface area contributed by atoms with E-state index in [2.05, 4.69) is 22.0 Å². The fourth-order valence-electron chi connectivity index (χ4n) is 1.98. The fraction of sp³-hybridized carbons (Fsp3) is 0.462. The molecular formula is C13H14BrFN2. The van der Waals surface area contributed by atoms with E-state index in [1.165, 1.54) is 6.07 Å². The van der Waals surface area contributed by atoms with Crippen LogP contribution in [0.3, 0.4) is 0 Å². The zero-order valence-corrected chi connectivity index (χ0v) is 11.3. The maximum atomic E-state index is 13.5. The zero-order chi connectivity index (χ0) is 12.5. The first kappa shape index (κ1) is 12.5. The van der Waals surface area contributed by atoms with Crippen molar-refractivity contribution in [1.82, 2.24) is 4.90 Å². The maximum absolute atomic E-state index is 13.5. The van der Waals surface area contributed by atoms with E-state index in [4.69, 9.17) is 5.26 Å². The van der Waals surface area contributed by atoms with Gasteiger partial charge in [-0.25, -0.2) is 4.39 Å². The third kappa shape index (κ3) is 3.05. The molecule has 1 aromatic carbocycles. The molecule has 90 valence electrons. The molecule has 0 heterocycles. The minimum absolute atomic E-state index is 0.169. The van der Waals surface area contributed by atoms with Gasteiger partial charge in [-0.2, -0.15) is 5.26 Å². The first-order valence-corrected chi connectivity index (χ1v) is 6.38. The summed E-state index contributed by atoms with van der Waals surface area (Å²) in [5.41, 5.74) is 0.493. The average Bonchev–Trinajstić information content (AvgIpc) is 3.04. The van der Waals surface area contributed by atoms with Crippen molar-refractivity contribution < 1.29 is 4.39 Å². The monoisotopic (exact) mass is 296 g/mol. The van der Waals surface area contributed by atoms with Crippen LogP contribution in [-0.2, 0) is 6.54 Å². The van der Waals surface area contributed by atoms with Gasteiger partial charge in [-0.05, 0) is 38.1 Å². The van der Waals surface area contributed by atoms with Crippen molar-refractivity contribution in [3.8, 4) is 6.07 Å². The molecule has 4 heteroatoms. The van der Waals surface area contributed by atoms with Crippen LogP contribution in [0, 0.1) is 22.6 Å². The van der Waals surface area contributed by atoms with E-state index >= 15 is 0 Å². The third-order valence-corrected chi connectivity index (χ3v) is 3.60. The van der Waals surface area contributed by atoms with Gasteiger partial charge >= 0.3 is 0 Å². The summed E-state index contributed by atoms with van der Waals surface area (Å²) in [6.45, 7) is 1.25. The van der Waals surface area contributed by atoms with Crippen molar-refractivity contribution in [2.24, 2.45) is 5.41 Å². The molecule has 1 aliphatic carbocycles. The van der Waals surface area contributed by atoms with Gasteiger partial charge in [-0.1, -0.05) is 15.9 Å². The van der Waals surface area contributed by atoms with Crippen LogP contribution in [0.25, 0.3) is 0 Å². The molecule has 0 aromatic heterocycles. The minimum Gasteiger partial charge on any atom is -0.300 e. The van der Waals surface area contributed by atoms with Crippen molar-refractivity contribution in [2.45, 2.75) is 19.4 Å². The van der Waals surface area contributed by atoms with Gasteiger partial charge in [0.25, 0.3) is 0 Å². The van der Waals surface area contributed by atoms with E-state index in [0.717, 1.165) is 23.9 Å². The highest BCUT2D eigenvalue weighted by molar-refractivity contribution is 9.10. The number of rotatable bonds is 4. The molecule has 0 bridgehead atoms. The molecule has 0 spiro atoms. The first-order valence-electron chi connectivity index (χ1n) is 5.58. The predicted octanol–water partition coefficient (Wildman–Crippen LogP) is 3.32. The molecule has 1 fully saturated rings. The standard InChI is InChI=1S/C13H14BrFN2/c1-17(9-13(8-16)4-5-13)7-10-6-11(14)2-3-12(10)15/h2-3,6H,4-5,7,9H2,1H3. The molecule has 2 nitrogen and oxygen atoms in total. The highest BCUT2D eigenvalue weighted by atomic mass is 79.9. The Hall–Kier alpha value is -0.920. The fourth-order valence-corrected chi connectivity index (χ4v) is 2.39. The topological polar surface area (TPSA) is 27.0 Å². The lowest BCUT2D eigenvalue weighted by Crippen LogP contribution is -2.26. The van der Waals surface area contributed by atoms with Gasteiger partial charge in [0.2, 0.25) is 0 Å². The van der Waals surface area contributed by atoms with Gasteiger partial charge in [0.05, 0.1) is 11.5 Å². The van der Waals surface area contributed by atoms with Crippen LogP contribution >= 0.6 is 15.9 Å². The lowest BCUT2D eigenvalue weighted by molar-refractivity contribution is 0.282. The Kier molecular flexibility index (Phi) is 3.50. The van der Waals surface area contributed by atoms with Gasteiger partial charge in [-0.3, -0.25) is 0 Å². The average molecular weight is 297 g/mol. The second-order valence-electron chi connectivity index (χ2n) is 4.80. The van der Waals surface area contributed by atoms with E-state index < -0.39 is 0 Å². The number of halogens is 2. The number of nitrogens with zero attached hydrogens (tertiary/aromatic N) is 2. The Balaban J connectivity index is 2.01. The lowest BCUT2D eigenvalue weighted by Gasteiger charge is -2.19. The summed E-state index contributed by atoms with van der Waals surface area (Å²) in [5, 5.41) is 9.01. The molecule has 0 aliphatic heterocycles. The van der Waals surface area contributed by atoms with Gasteiger partial charge in [0.15, 0.2) is 0 Å². The molecule has 1 saturated carbocycles. The van der Waals surface area contributed by atoms with E-state index in [9.17, 15) is 4.39 Å². The van der Waals surface area contributed by atoms with Crippen LogP contribution in [0.5, 0.6) is 0 Å². The molecule has 17 heavy (non-hydrogen) atoms. The second kappa shape index (κ2) is 4.75. The number of hydrogen-bond acceptors (Lipinski definition) is 2. The van der Waals surface area contributed by atoms with Crippen molar-refractivity contribution in [1.29, 1.82) is 5.26 Å².